The summed E-state index contributed by atoms with van der Waals surface area (Å²) in [6.45, 7) is 1.11. The van der Waals surface area contributed by atoms with Crippen LogP contribution in [0.25, 0.3) is 0 Å². The van der Waals surface area contributed by atoms with E-state index in [0.29, 0.717) is 19.0 Å². The number of ether oxygens (including phenoxy) is 1. The SMILES string of the molecule is O=C1OC(c2ccc(Br)cc2)CN1CCCl. The molecule has 0 aliphatic carbocycles. The highest BCUT2D eigenvalue weighted by atomic mass is 79.9. The average Bonchev–Trinajstić information content (AvgIpc) is 2.62. The molecule has 1 aliphatic heterocycles. The van der Waals surface area contributed by atoms with Gasteiger partial charge in [0.1, 0.15) is 6.10 Å². The summed E-state index contributed by atoms with van der Waals surface area (Å²) in [5, 5.41) is 0. The molecule has 5 heteroatoms. The lowest BCUT2D eigenvalue weighted by atomic mass is 10.1. The lowest BCUT2D eigenvalue weighted by Crippen LogP contribution is -2.26. The molecule has 1 aliphatic rings. The van der Waals surface area contributed by atoms with E-state index in [-0.39, 0.29) is 12.2 Å². The van der Waals surface area contributed by atoms with E-state index in [2.05, 4.69) is 15.9 Å². The van der Waals surface area contributed by atoms with Gasteiger partial charge in [-0.2, -0.15) is 0 Å². The van der Waals surface area contributed by atoms with Crippen LogP contribution in [0.3, 0.4) is 0 Å². The van der Waals surface area contributed by atoms with Gasteiger partial charge >= 0.3 is 6.09 Å². The first kappa shape index (κ1) is 11.7. The molecule has 16 heavy (non-hydrogen) atoms. The fraction of sp³-hybridized carbons (Fsp3) is 0.364. The molecule has 1 atom stereocenters. The summed E-state index contributed by atoms with van der Waals surface area (Å²) < 4.78 is 6.28. The van der Waals surface area contributed by atoms with Crippen molar-refractivity contribution in [3.05, 3.63) is 34.3 Å². The molecule has 1 heterocycles. The molecule has 1 aromatic rings. The van der Waals surface area contributed by atoms with Crippen molar-refractivity contribution in [3.8, 4) is 0 Å². The van der Waals surface area contributed by atoms with Gasteiger partial charge in [-0.25, -0.2) is 4.79 Å². The molecule has 1 unspecified atom stereocenters. The Morgan fingerprint density at radius 2 is 2.12 bits per heavy atom. The van der Waals surface area contributed by atoms with Crippen molar-refractivity contribution in [1.29, 1.82) is 0 Å². The Labute approximate surface area is 107 Å². The molecule has 0 saturated carbocycles. The Kier molecular flexibility index (Phi) is 3.71. The largest absolute Gasteiger partial charge is 0.439 e. The van der Waals surface area contributed by atoms with Gasteiger partial charge < -0.3 is 9.64 Å². The van der Waals surface area contributed by atoms with Gasteiger partial charge in [0.05, 0.1) is 6.54 Å². The molecule has 0 N–H and O–H groups in total. The number of alkyl halides is 1. The van der Waals surface area contributed by atoms with Crippen LogP contribution in [0.4, 0.5) is 4.79 Å². The fourth-order valence-electron chi connectivity index (χ4n) is 1.64. The number of halogens is 2. The van der Waals surface area contributed by atoms with Crippen LogP contribution >= 0.6 is 27.5 Å². The van der Waals surface area contributed by atoms with E-state index in [1.807, 2.05) is 24.3 Å². The van der Waals surface area contributed by atoms with E-state index in [1.54, 1.807) is 4.90 Å². The predicted octanol–water partition coefficient (Wildman–Crippen LogP) is 3.18. The molecular weight excluding hydrogens is 293 g/mol. The van der Waals surface area contributed by atoms with Gasteiger partial charge in [-0.3, -0.25) is 0 Å². The van der Waals surface area contributed by atoms with Crippen LogP contribution in [0.15, 0.2) is 28.7 Å². The second kappa shape index (κ2) is 5.06. The summed E-state index contributed by atoms with van der Waals surface area (Å²) >= 11 is 8.97. The van der Waals surface area contributed by atoms with Gasteiger partial charge in [0.25, 0.3) is 0 Å². The second-order valence-electron chi connectivity index (χ2n) is 3.56. The Hall–Kier alpha value is -0.740. The molecule has 1 saturated heterocycles. The zero-order chi connectivity index (χ0) is 11.5. The topological polar surface area (TPSA) is 29.5 Å². The van der Waals surface area contributed by atoms with E-state index in [1.165, 1.54) is 0 Å². The number of carbonyl (C=O) groups is 1. The van der Waals surface area contributed by atoms with Crippen LogP contribution in [-0.4, -0.2) is 30.0 Å². The second-order valence-corrected chi connectivity index (χ2v) is 4.85. The van der Waals surface area contributed by atoms with Crippen molar-refractivity contribution in [1.82, 2.24) is 4.90 Å². The van der Waals surface area contributed by atoms with Gasteiger partial charge in [-0.15, -0.1) is 11.6 Å². The van der Waals surface area contributed by atoms with Crippen LogP contribution in [-0.2, 0) is 4.74 Å². The highest BCUT2D eigenvalue weighted by Gasteiger charge is 2.31. The summed E-state index contributed by atoms with van der Waals surface area (Å²) in [6.07, 6.45) is -0.461. The molecule has 3 nitrogen and oxygen atoms in total. The first-order valence-corrected chi connectivity index (χ1v) is 6.30. The van der Waals surface area contributed by atoms with E-state index in [4.69, 9.17) is 16.3 Å². The standard InChI is InChI=1S/C11H11BrClNO2/c12-9-3-1-8(2-4-9)10-7-14(6-5-13)11(15)16-10/h1-4,10H,5-7H2. The smallest absolute Gasteiger partial charge is 0.410 e. The average molecular weight is 305 g/mol. The fourth-order valence-corrected chi connectivity index (χ4v) is 2.11. The number of hydrogen-bond acceptors (Lipinski definition) is 2. The monoisotopic (exact) mass is 303 g/mol. The number of cyclic esters (lactones) is 1. The van der Waals surface area contributed by atoms with Crippen LogP contribution in [0.2, 0.25) is 0 Å². The van der Waals surface area contributed by atoms with Gasteiger partial charge in [0.15, 0.2) is 0 Å². The first-order chi connectivity index (χ1) is 7.70. The number of rotatable bonds is 3. The van der Waals surface area contributed by atoms with Crippen molar-refractivity contribution >= 4 is 33.6 Å². The molecule has 1 aromatic carbocycles. The lowest BCUT2D eigenvalue weighted by Gasteiger charge is -2.10. The minimum Gasteiger partial charge on any atom is -0.439 e. The van der Waals surface area contributed by atoms with Crippen LogP contribution in [0.1, 0.15) is 11.7 Å². The minimum absolute atomic E-state index is 0.177. The predicted molar refractivity (Wildman–Crippen MR) is 65.7 cm³/mol. The highest BCUT2D eigenvalue weighted by molar-refractivity contribution is 9.10. The zero-order valence-electron chi connectivity index (χ0n) is 8.53. The van der Waals surface area contributed by atoms with Crippen molar-refractivity contribution in [3.63, 3.8) is 0 Å². The minimum atomic E-state index is -0.284. The summed E-state index contributed by atoms with van der Waals surface area (Å²) in [7, 11) is 0. The van der Waals surface area contributed by atoms with E-state index < -0.39 is 0 Å². The van der Waals surface area contributed by atoms with Crippen molar-refractivity contribution in [2.24, 2.45) is 0 Å². The number of carbonyl (C=O) groups excluding carboxylic acids is 1. The van der Waals surface area contributed by atoms with Crippen LogP contribution < -0.4 is 0 Å². The van der Waals surface area contributed by atoms with Crippen molar-refractivity contribution in [2.45, 2.75) is 6.10 Å². The number of nitrogens with zero attached hydrogens (tertiary/aromatic N) is 1. The lowest BCUT2D eigenvalue weighted by molar-refractivity contribution is 0.133. The maximum absolute atomic E-state index is 11.5. The molecular formula is C11H11BrClNO2. The number of hydrogen-bond donors (Lipinski definition) is 0. The normalized spacial score (nSPS) is 20.0. The third-order valence-electron chi connectivity index (χ3n) is 2.48. The molecule has 86 valence electrons. The molecule has 0 bridgehead atoms. The number of amides is 1. The Morgan fingerprint density at radius 3 is 2.75 bits per heavy atom. The van der Waals surface area contributed by atoms with Crippen molar-refractivity contribution < 1.29 is 9.53 Å². The molecule has 0 radical (unpaired) electrons. The Morgan fingerprint density at radius 1 is 1.44 bits per heavy atom. The molecule has 1 amide bonds. The van der Waals surface area contributed by atoms with Crippen molar-refractivity contribution in [2.75, 3.05) is 19.0 Å². The maximum Gasteiger partial charge on any atom is 0.410 e. The maximum atomic E-state index is 11.5. The van der Waals surface area contributed by atoms with Gasteiger partial charge in [-0.1, -0.05) is 28.1 Å². The summed E-state index contributed by atoms with van der Waals surface area (Å²) in [6, 6.07) is 7.78. The quantitative estimate of drug-likeness (QED) is 0.803. The Balaban J connectivity index is 2.07. The van der Waals surface area contributed by atoms with E-state index >= 15 is 0 Å². The zero-order valence-corrected chi connectivity index (χ0v) is 10.9. The van der Waals surface area contributed by atoms with E-state index in [9.17, 15) is 4.79 Å². The van der Waals surface area contributed by atoms with E-state index in [0.717, 1.165) is 10.0 Å². The third kappa shape index (κ3) is 2.50. The molecule has 2 rings (SSSR count). The third-order valence-corrected chi connectivity index (χ3v) is 3.18. The van der Waals surface area contributed by atoms with Gasteiger partial charge in [0.2, 0.25) is 0 Å². The van der Waals surface area contributed by atoms with Crippen LogP contribution in [0.5, 0.6) is 0 Å². The first-order valence-electron chi connectivity index (χ1n) is 4.97. The number of benzene rings is 1. The molecule has 0 spiro atoms. The Bertz CT molecular complexity index is 382. The van der Waals surface area contributed by atoms with Gasteiger partial charge in [0, 0.05) is 16.9 Å². The van der Waals surface area contributed by atoms with Gasteiger partial charge in [-0.05, 0) is 17.7 Å². The summed E-state index contributed by atoms with van der Waals surface area (Å²) in [5.41, 5.74) is 1.01. The molecule has 0 aromatic heterocycles. The molecule has 1 fully saturated rings. The highest BCUT2D eigenvalue weighted by Crippen LogP contribution is 2.26. The summed E-state index contributed by atoms with van der Waals surface area (Å²) in [5.74, 6) is 0.433. The van der Waals surface area contributed by atoms with Crippen LogP contribution in [0, 0.1) is 0 Å². The summed E-state index contributed by atoms with van der Waals surface area (Å²) in [4.78, 5) is 13.1.